The van der Waals surface area contributed by atoms with Crippen LogP contribution < -0.4 is 5.32 Å². The van der Waals surface area contributed by atoms with Crippen molar-refractivity contribution in [3.05, 3.63) is 70.9 Å². The van der Waals surface area contributed by atoms with E-state index < -0.39 is 11.5 Å². The number of H-pyrrole nitrogens is 1. The van der Waals surface area contributed by atoms with Crippen molar-refractivity contribution in [3.63, 3.8) is 0 Å². The first-order valence-corrected chi connectivity index (χ1v) is 12.7. The second-order valence-corrected chi connectivity index (χ2v) is 11.4. The minimum absolute atomic E-state index is 0.0439. The number of carbonyl (C=O) groups is 3. The van der Waals surface area contributed by atoms with Gasteiger partial charge < -0.3 is 20.1 Å². The summed E-state index contributed by atoms with van der Waals surface area (Å²) in [5.41, 5.74) is 1.39. The summed E-state index contributed by atoms with van der Waals surface area (Å²) >= 11 is 5.98. The Morgan fingerprint density at radius 1 is 1.00 bits per heavy atom. The molecule has 3 heterocycles. The molecule has 2 aliphatic heterocycles. The van der Waals surface area contributed by atoms with Gasteiger partial charge in [-0.2, -0.15) is 0 Å². The van der Waals surface area contributed by atoms with Crippen molar-refractivity contribution in [2.45, 2.75) is 45.8 Å². The van der Waals surface area contributed by atoms with Crippen LogP contribution in [0, 0.1) is 11.3 Å². The third kappa shape index (κ3) is 4.26. The van der Waals surface area contributed by atoms with Crippen LogP contribution >= 0.6 is 11.6 Å². The monoisotopic (exact) mass is 506 g/mol. The Kier molecular flexibility index (Phi) is 6.07. The van der Waals surface area contributed by atoms with Crippen molar-refractivity contribution >= 4 is 40.2 Å². The van der Waals surface area contributed by atoms with Crippen LogP contribution in [-0.2, 0) is 4.79 Å². The van der Waals surface area contributed by atoms with Crippen molar-refractivity contribution in [1.29, 1.82) is 0 Å². The quantitative estimate of drug-likeness (QED) is 0.552. The molecule has 8 heteroatoms. The van der Waals surface area contributed by atoms with Gasteiger partial charge >= 0.3 is 0 Å². The molecule has 2 aliphatic rings. The average molecular weight is 507 g/mol. The van der Waals surface area contributed by atoms with E-state index in [0.717, 1.165) is 10.9 Å². The lowest BCUT2D eigenvalue weighted by Gasteiger charge is -2.39. The fraction of sp³-hybridized carbons (Fsp3) is 0.393. The van der Waals surface area contributed by atoms with E-state index in [1.165, 1.54) is 0 Å². The topological polar surface area (TPSA) is 85.5 Å². The lowest BCUT2D eigenvalue weighted by Crippen LogP contribution is -2.59. The summed E-state index contributed by atoms with van der Waals surface area (Å²) in [4.78, 5) is 47.0. The van der Waals surface area contributed by atoms with Gasteiger partial charge in [-0.1, -0.05) is 57.5 Å². The molecular weight excluding hydrogens is 476 g/mol. The number of nitrogens with one attached hydrogen (secondary N) is 2. The second-order valence-electron chi connectivity index (χ2n) is 11.0. The summed E-state index contributed by atoms with van der Waals surface area (Å²) in [6.45, 7) is 8.89. The summed E-state index contributed by atoms with van der Waals surface area (Å²) in [5, 5.41) is 4.52. The molecule has 3 aromatic rings. The van der Waals surface area contributed by atoms with Crippen LogP contribution in [0.15, 0.2) is 54.6 Å². The Bertz CT molecular complexity index is 1290. The number of hydrogen-bond donors (Lipinski definition) is 2. The van der Waals surface area contributed by atoms with Gasteiger partial charge in [-0.05, 0) is 41.8 Å². The van der Waals surface area contributed by atoms with Gasteiger partial charge in [0.05, 0.1) is 12.1 Å². The molecule has 0 spiro atoms. The van der Waals surface area contributed by atoms with Gasteiger partial charge in [0.2, 0.25) is 5.91 Å². The van der Waals surface area contributed by atoms with E-state index in [1.54, 1.807) is 30.3 Å². The Labute approximate surface area is 215 Å². The zero-order valence-electron chi connectivity index (χ0n) is 20.9. The Morgan fingerprint density at radius 3 is 2.25 bits per heavy atom. The van der Waals surface area contributed by atoms with Gasteiger partial charge in [0, 0.05) is 40.5 Å². The molecule has 0 aliphatic carbocycles. The van der Waals surface area contributed by atoms with Gasteiger partial charge in [-0.25, -0.2) is 0 Å². The number of aromatic amines is 1. The van der Waals surface area contributed by atoms with Crippen LogP contribution in [0.2, 0.25) is 5.02 Å². The fourth-order valence-corrected chi connectivity index (χ4v) is 5.62. The standard InChI is InChI=1S/C28H31ClN4O3/c1-16-22-15-33(23(16)14-32(22)26(35)17-9-11-19(29)12-10-17)27(36)24(28(2,3)4)31-25(34)21-13-18-7-5-6-8-20(18)30-21/h5-13,16,22-24,30H,14-15H2,1-4H3,(H,31,34). The number of halogens is 1. The van der Waals surface area contributed by atoms with Crippen LogP contribution in [0.4, 0.5) is 0 Å². The van der Waals surface area contributed by atoms with Crippen molar-refractivity contribution in [2.75, 3.05) is 13.1 Å². The average Bonchev–Trinajstić information content (AvgIpc) is 3.51. The van der Waals surface area contributed by atoms with Crippen LogP contribution in [0.1, 0.15) is 48.5 Å². The largest absolute Gasteiger partial charge is 0.351 e. The zero-order chi connectivity index (χ0) is 25.8. The van der Waals surface area contributed by atoms with Gasteiger partial charge in [0.15, 0.2) is 0 Å². The molecule has 7 nitrogen and oxygen atoms in total. The van der Waals surface area contributed by atoms with E-state index in [9.17, 15) is 14.4 Å². The first-order valence-electron chi connectivity index (χ1n) is 12.3. The summed E-state index contributed by atoms with van der Waals surface area (Å²) in [6, 6.07) is 15.5. The first kappa shape index (κ1) is 24.4. The number of hydrogen-bond acceptors (Lipinski definition) is 3. The molecule has 3 amide bonds. The van der Waals surface area contributed by atoms with Crippen LogP contribution in [-0.4, -0.2) is 63.7 Å². The minimum atomic E-state index is -0.705. The minimum Gasteiger partial charge on any atom is -0.351 e. The number of aromatic nitrogens is 1. The van der Waals surface area contributed by atoms with E-state index in [-0.39, 0.29) is 35.7 Å². The maximum Gasteiger partial charge on any atom is 0.268 e. The lowest BCUT2D eigenvalue weighted by molar-refractivity contribution is -0.138. The summed E-state index contributed by atoms with van der Waals surface area (Å²) < 4.78 is 0. The van der Waals surface area contributed by atoms with Crippen molar-refractivity contribution in [2.24, 2.45) is 11.3 Å². The first-order chi connectivity index (χ1) is 17.0. The number of nitrogens with zero attached hydrogens (tertiary/aromatic N) is 2. The van der Waals surface area contributed by atoms with E-state index in [1.807, 2.05) is 54.8 Å². The molecule has 188 valence electrons. The number of para-hydroxylation sites is 1. The maximum atomic E-state index is 13.8. The van der Waals surface area contributed by atoms with Crippen molar-refractivity contribution in [3.8, 4) is 0 Å². The molecule has 2 N–H and O–H groups in total. The van der Waals surface area contributed by atoms with Gasteiger partial charge in [-0.3, -0.25) is 14.4 Å². The summed E-state index contributed by atoms with van der Waals surface area (Å²) in [7, 11) is 0. The normalized spacial score (nSPS) is 22.2. The predicted octanol–water partition coefficient (Wildman–Crippen LogP) is 4.34. The number of amides is 3. The lowest BCUT2D eigenvalue weighted by atomic mass is 9.85. The summed E-state index contributed by atoms with van der Waals surface area (Å²) in [6.07, 6.45) is 0. The second kappa shape index (κ2) is 8.96. The van der Waals surface area contributed by atoms with Gasteiger partial charge in [-0.15, -0.1) is 0 Å². The van der Waals surface area contributed by atoms with E-state index >= 15 is 0 Å². The smallest absolute Gasteiger partial charge is 0.268 e. The molecule has 2 saturated heterocycles. The van der Waals surface area contributed by atoms with E-state index in [4.69, 9.17) is 11.6 Å². The van der Waals surface area contributed by atoms with Crippen molar-refractivity contribution in [1.82, 2.24) is 20.1 Å². The number of rotatable bonds is 4. The Hall–Kier alpha value is -3.32. The molecule has 2 fully saturated rings. The highest BCUT2D eigenvalue weighted by molar-refractivity contribution is 6.30. The Morgan fingerprint density at radius 2 is 1.64 bits per heavy atom. The SMILES string of the molecule is CC1C2CN(C(=O)C(NC(=O)c3cc4ccccc4[nH]3)C(C)(C)C)C1CN2C(=O)c1ccc(Cl)cc1. The van der Waals surface area contributed by atoms with Crippen LogP contribution in [0.25, 0.3) is 10.9 Å². The Balaban J connectivity index is 1.32. The third-order valence-corrected chi connectivity index (χ3v) is 7.83. The third-order valence-electron chi connectivity index (χ3n) is 7.58. The van der Waals surface area contributed by atoms with E-state index in [2.05, 4.69) is 17.2 Å². The number of piperazine rings is 1. The molecule has 4 atom stereocenters. The zero-order valence-corrected chi connectivity index (χ0v) is 21.7. The van der Waals surface area contributed by atoms with Crippen LogP contribution in [0.5, 0.6) is 0 Å². The maximum absolute atomic E-state index is 13.8. The highest BCUT2D eigenvalue weighted by Crippen LogP contribution is 2.38. The van der Waals surface area contributed by atoms with Gasteiger partial charge in [0.25, 0.3) is 11.8 Å². The predicted molar refractivity (Wildman–Crippen MR) is 140 cm³/mol. The highest BCUT2D eigenvalue weighted by atomic mass is 35.5. The molecule has 0 saturated carbocycles. The molecule has 0 radical (unpaired) electrons. The number of fused-ring (bicyclic) bond motifs is 3. The van der Waals surface area contributed by atoms with Crippen LogP contribution in [0.3, 0.4) is 0 Å². The molecule has 2 aromatic carbocycles. The molecule has 2 bridgehead atoms. The molecule has 1 aromatic heterocycles. The molecule has 4 unspecified atom stereocenters. The summed E-state index contributed by atoms with van der Waals surface area (Å²) in [5.74, 6) is -0.311. The number of benzene rings is 2. The molecule has 36 heavy (non-hydrogen) atoms. The highest BCUT2D eigenvalue weighted by Gasteiger charge is 2.54. The number of likely N-dealkylation sites (tertiary alicyclic amines) is 2. The van der Waals surface area contributed by atoms with E-state index in [0.29, 0.717) is 29.4 Å². The van der Waals surface area contributed by atoms with Gasteiger partial charge in [0.1, 0.15) is 11.7 Å². The fourth-order valence-electron chi connectivity index (χ4n) is 5.49. The molecular formula is C28H31ClN4O3. The number of carbonyl (C=O) groups excluding carboxylic acids is 3. The van der Waals surface area contributed by atoms with Crippen molar-refractivity contribution < 1.29 is 14.4 Å². The molecule has 5 rings (SSSR count).